The molecule has 0 aliphatic carbocycles. The van der Waals surface area contributed by atoms with E-state index in [1.54, 1.807) is 6.92 Å². The topological polar surface area (TPSA) is 44.4 Å². The van der Waals surface area contributed by atoms with Crippen molar-refractivity contribution in [2.45, 2.75) is 6.92 Å². The van der Waals surface area contributed by atoms with Gasteiger partial charge < -0.3 is 10.6 Å². The van der Waals surface area contributed by atoms with Gasteiger partial charge >= 0.3 is 0 Å². The second-order valence-corrected chi connectivity index (χ2v) is 4.81. The summed E-state index contributed by atoms with van der Waals surface area (Å²) in [5.41, 5.74) is 1.21. The Balaban J connectivity index is 0.00000200. The summed E-state index contributed by atoms with van der Waals surface area (Å²) in [6.45, 7) is 7.27. The number of halogens is 2. The van der Waals surface area contributed by atoms with Gasteiger partial charge in [0.25, 0.3) is 5.91 Å². The second kappa shape index (κ2) is 8.19. The van der Waals surface area contributed by atoms with Crippen molar-refractivity contribution >= 4 is 18.3 Å². The molecular formula is C14H21ClFN3O. The fourth-order valence-electron chi connectivity index (χ4n) is 2.24. The molecule has 2 N–H and O–H groups in total. The van der Waals surface area contributed by atoms with Crippen LogP contribution in [0.1, 0.15) is 15.9 Å². The van der Waals surface area contributed by atoms with Gasteiger partial charge in [0.1, 0.15) is 5.82 Å². The van der Waals surface area contributed by atoms with Crippen LogP contribution in [-0.4, -0.2) is 50.1 Å². The fraction of sp³-hybridized carbons (Fsp3) is 0.500. The largest absolute Gasteiger partial charge is 0.351 e. The number of amides is 1. The van der Waals surface area contributed by atoms with E-state index < -0.39 is 0 Å². The Bertz CT molecular complexity index is 450. The third-order valence-electron chi connectivity index (χ3n) is 3.36. The molecule has 1 aromatic rings. The van der Waals surface area contributed by atoms with Crippen molar-refractivity contribution in [3.8, 4) is 0 Å². The molecule has 0 atom stereocenters. The molecule has 0 spiro atoms. The number of rotatable bonds is 4. The molecule has 1 fully saturated rings. The van der Waals surface area contributed by atoms with E-state index in [0.29, 0.717) is 17.7 Å². The van der Waals surface area contributed by atoms with E-state index in [2.05, 4.69) is 15.5 Å². The third kappa shape index (κ3) is 4.74. The van der Waals surface area contributed by atoms with Gasteiger partial charge in [0, 0.05) is 44.8 Å². The van der Waals surface area contributed by atoms with Crippen molar-refractivity contribution in [1.82, 2.24) is 15.5 Å². The molecule has 112 valence electrons. The SMILES string of the molecule is Cc1cc(F)ccc1C(=O)NCCN1CCNCC1.Cl. The maximum Gasteiger partial charge on any atom is 0.251 e. The van der Waals surface area contributed by atoms with Gasteiger partial charge in [-0.2, -0.15) is 0 Å². The number of hydrogen-bond acceptors (Lipinski definition) is 3. The van der Waals surface area contributed by atoms with Crippen molar-refractivity contribution in [3.63, 3.8) is 0 Å². The van der Waals surface area contributed by atoms with Gasteiger partial charge in [0.2, 0.25) is 0 Å². The zero-order valence-electron chi connectivity index (χ0n) is 11.6. The predicted molar refractivity (Wildman–Crippen MR) is 80.0 cm³/mol. The summed E-state index contributed by atoms with van der Waals surface area (Å²) < 4.78 is 13.0. The number of nitrogens with one attached hydrogen (secondary N) is 2. The minimum atomic E-state index is -0.310. The minimum Gasteiger partial charge on any atom is -0.351 e. The van der Waals surface area contributed by atoms with Crippen molar-refractivity contribution in [1.29, 1.82) is 0 Å². The molecule has 1 aliphatic rings. The molecule has 1 amide bonds. The molecule has 6 heteroatoms. The molecule has 1 heterocycles. The number of benzene rings is 1. The summed E-state index contributed by atoms with van der Waals surface area (Å²) in [6, 6.07) is 4.23. The number of carbonyl (C=O) groups is 1. The highest BCUT2D eigenvalue weighted by Gasteiger charge is 2.11. The average Bonchev–Trinajstić information content (AvgIpc) is 2.39. The summed E-state index contributed by atoms with van der Waals surface area (Å²) >= 11 is 0. The van der Waals surface area contributed by atoms with Crippen LogP contribution in [0.4, 0.5) is 4.39 Å². The van der Waals surface area contributed by atoms with Gasteiger partial charge in [-0.25, -0.2) is 4.39 Å². The standard InChI is InChI=1S/C14H20FN3O.ClH/c1-11-10-12(15)2-3-13(11)14(19)17-6-9-18-7-4-16-5-8-18;/h2-3,10,16H,4-9H2,1H3,(H,17,19);1H. The Morgan fingerprint density at radius 3 is 2.75 bits per heavy atom. The molecule has 0 unspecified atom stereocenters. The number of carbonyl (C=O) groups excluding carboxylic acids is 1. The summed E-state index contributed by atoms with van der Waals surface area (Å²) in [4.78, 5) is 14.3. The molecule has 20 heavy (non-hydrogen) atoms. The monoisotopic (exact) mass is 301 g/mol. The smallest absolute Gasteiger partial charge is 0.251 e. The van der Waals surface area contributed by atoms with Gasteiger partial charge in [0.05, 0.1) is 0 Å². The first-order chi connectivity index (χ1) is 9.16. The van der Waals surface area contributed by atoms with Crippen molar-refractivity contribution < 1.29 is 9.18 Å². The number of nitrogens with zero attached hydrogens (tertiary/aromatic N) is 1. The second-order valence-electron chi connectivity index (χ2n) is 4.81. The zero-order chi connectivity index (χ0) is 13.7. The number of hydrogen-bond donors (Lipinski definition) is 2. The van der Waals surface area contributed by atoms with E-state index in [-0.39, 0.29) is 24.1 Å². The van der Waals surface area contributed by atoms with E-state index in [0.717, 1.165) is 32.7 Å². The zero-order valence-corrected chi connectivity index (χ0v) is 12.4. The maximum absolute atomic E-state index is 13.0. The summed E-state index contributed by atoms with van der Waals surface area (Å²) in [7, 11) is 0. The lowest BCUT2D eigenvalue weighted by atomic mass is 10.1. The molecule has 1 aromatic carbocycles. The summed E-state index contributed by atoms with van der Waals surface area (Å²) in [5, 5.41) is 6.17. The van der Waals surface area contributed by atoms with E-state index in [9.17, 15) is 9.18 Å². The molecule has 1 saturated heterocycles. The van der Waals surface area contributed by atoms with E-state index in [1.807, 2.05) is 0 Å². The maximum atomic E-state index is 13.0. The molecule has 0 radical (unpaired) electrons. The van der Waals surface area contributed by atoms with Gasteiger partial charge in [-0.1, -0.05) is 0 Å². The summed E-state index contributed by atoms with van der Waals surface area (Å²) in [5.74, 6) is -0.442. The van der Waals surface area contributed by atoms with Crippen LogP contribution in [0.15, 0.2) is 18.2 Å². The van der Waals surface area contributed by atoms with Crippen LogP contribution in [0.5, 0.6) is 0 Å². The van der Waals surface area contributed by atoms with E-state index in [4.69, 9.17) is 0 Å². The van der Waals surface area contributed by atoms with Crippen LogP contribution < -0.4 is 10.6 Å². The van der Waals surface area contributed by atoms with Crippen LogP contribution in [-0.2, 0) is 0 Å². The quantitative estimate of drug-likeness (QED) is 0.878. The molecule has 4 nitrogen and oxygen atoms in total. The molecule has 2 rings (SSSR count). The lowest BCUT2D eigenvalue weighted by Gasteiger charge is -2.27. The highest BCUT2D eigenvalue weighted by Crippen LogP contribution is 2.09. The number of piperazine rings is 1. The fourth-order valence-corrected chi connectivity index (χ4v) is 2.24. The van der Waals surface area contributed by atoms with E-state index >= 15 is 0 Å². The van der Waals surface area contributed by atoms with Crippen molar-refractivity contribution in [3.05, 3.63) is 35.1 Å². The predicted octanol–water partition coefficient (Wildman–Crippen LogP) is 1.19. The Morgan fingerprint density at radius 1 is 1.40 bits per heavy atom. The van der Waals surface area contributed by atoms with Crippen LogP contribution in [0.3, 0.4) is 0 Å². The van der Waals surface area contributed by atoms with Gasteiger partial charge in [0.15, 0.2) is 0 Å². The van der Waals surface area contributed by atoms with Gasteiger partial charge in [-0.05, 0) is 30.7 Å². The van der Waals surface area contributed by atoms with Crippen molar-refractivity contribution in [2.75, 3.05) is 39.3 Å². The first kappa shape index (κ1) is 16.9. The lowest BCUT2D eigenvalue weighted by Crippen LogP contribution is -2.46. The highest BCUT2D eigenvalue weighted by molar-refractivity contribution is 5.95. The Morgan fingerprint density at radius 2 is 2.10 bits per heavy atom. The van der Waals surface area contributed by atoms with Gasteiger partial charge in [-0.3, -0.25) is 9.69 Å². The molecule has 0 saturated carbocycles. The average molecular weight is 302 g/mol. The van der Waals surface area contributed by atoms with Crippen LogP contribution in [0.25, 0.3) is 0 Å². The number of aryl methyl sites for hydroxylation is 1. The minimum absolute atomic E-state index is 0. The Labute approximate surface area is 125 Å². The van der Waals surface area contributed by atoms with Crippen LogP contribution in [0.2, 0.25) is 0 Å². The molecule has 0 aromatic heterocycles. The molecule has 1 aliphatic heterocycles. The third-order valence-corrected chi connectivity index (χ3v) is 3.36. The first-order valence-electron chi connectivity index (χ1n) is 6.64. The van der Waals surface area contributed by atoms with Crippen LogP contribution >= 0.6 is 12.4 Å². The molecule has 0 bridgehead atoms. The Kier molecular flexibility index (Phi) is 6.91. The first-order valence-corrected chi connectivity index (χ1v) is 6.64. The summed E-state index contributed by atoms with van der Waals surface area (Å²) in [6.07, 6.45) is 0. The molecular weight excluding hydrogens is 281 g/mol. The van der Waals surface area contributed by atoms with Crippen LogP contribution in [0, 0.1) is 12.7 Å². The Hall–Kier alpha value is -1.17. The van der Waals surface area contributed by atoms with Gasteiger partial charge in [-0.15, -0.1) is 12.4 Å². The lowest BCUT2D eigenvalue weighted by molar-refractivity contribution is 0.0946. The normalized spacial score (nSPS) is 15.5. The van der Waals surface area contributed by atoms with Crippen molar-refractivity contribution in [2.24, 2.45) is 0 Å². The highest BCUT2D eigenvalue weighted by atomic mass is 35.5. The van der Waals surface area contributed by atoms with E-state index in [1.165, 1.54) is 18.2 Å².